The van der Waals surface area contributed by atoms with Gasteiger partial charge in [0.15, 0.2) is 0 Å². The second kappa shape index (κ2) is 5.00. The topological polar surface area (TPSA) is 76.5 Å². The number of methoxy groups -OCH3 is 2. The van der Waals surface area contributed by atoms with Crippen LogP contribution in [0.4, 0.5) is 0 Å². The first-order valence-corrected chi connectivity index (χ1v) is 3.72. The number of carbonyl (C=O) groups is 2. The summed E-state index contributed by atoms with van der Waals surface area (Å²) in [5, 5.41) is 6.88. The summed E-state index contributed by atoms with van der Waals surface area (Å²) in [6, 6.07) is 0. The first-order valence-electron chi connectivity index (χ1n) is 2.93. The fourth-order valence-electron chi connectivity index (χ4n) is 0.532. The Morgan fingerprint density at radius 1 is 1.42 bits per heavy atom. The largest absolute Gasteiger partial charge is 0.467 e. The van der Waals surface area contributed by atoms with Crippen molar-refractivity contribution in [2.45, 2.75) is 6.10 Å². The summed E-state index contributed by atoms with van der Waals surface area (Å²) < 4.78 is 8.39. The van der Waals surface area contributed by atoms with Crippen molar-refractivity contribution in [1.82, 2.24) is 0 Å². The third-order valence-electron chi connectivity index (χ3n) is 1.11. The molecule has 0 aromatic heterocycles. The molecule has 68 valence electrons. The Balaban J connectivity index is 4.45. The Kier molecular flexibility index (Phi) is 4.68. The molecule has 0 rings (SSSR count). The molecule has 5 nitrogen and oxygen atoms in total. The maximum Gasteiger partial charge on any atom is 0.343 e. The summed E-state index contributed by atoms with van der Waals surface area (Å²) in [6.45, 7) is 0. The number of carbonyl (C=O) groups excluding carboxylic acids is 2. The molecule has 0 aromatic rings. The van der Waals surface area contributed by atoms with Crippen molar-refractivity contribution in [3.63, 3.8) is 0 Å². The first-order chi connectivity index (χ1) is 5.54. The highest BCUT2D eigenvalue weighted by molar-refractivity contribution is 9.19. The minimum absolute atomic E-state index is 0.417. The lowest BCUT2D eigenvalue weighted by atomic mass is 10.2. The molecule has 0 aromatic carbocycles. The van der Waals surface area contributed by atoms with E-state index >= 15 is 0 Å². The molecule has 0 amide bonds. The van der Waals surface area contributed by atoms with Gasteiger partial charge in [-0.25, -0.2) is 4.79 Å². The lowest BCUT2D eigenvalue weighted by Crippen LogP contribution is -2.35. The van der Waals surface area contributed by atoms with Crippen LogP contribution in [-0.4, -0.2) is 36.7 Å². The van der Waals surface area contributed by atoms with Crippen LogP contribution in [0, 0.1) is 5.41 Å². The van der Waals surface area contributed by atoms with Crippen LogP contribution < -0.4 is 0 Å². The highest BCUT2D eigenvalue weighted by Gasteiger charge is 2.28. The fraction of sp³-hybridized carbons (Fsp3) is 0.500. The zero-order valence-electron chi connectivity index (χ0n) is 6.59. The van der Waals surface area contributed by atoms with Gasteiger partial charge in [-0.3, -0.25) is 10.2 Å². The highest BCUT2D eigenvalue weighted by Crippen LogP contribution is 2.00. The Morgan fingerprint density at radius 2 is 1.92 bits per heavy atom. The molecule has 0 spiro atoms. The van der Waals surface area contributed by atoms with Crippen molar-refractivity contribution in [2.24, 2.45) is 0 Å². The van der Waals surface area contributed by atoms with Crippen molar-refractivity contribution in [1.29, 1.82) is 5.41 Å². The van der Waals surface area contributed by atoms with Gasteiger partial charge in [0.25, 0.3) is 0 Å². The third-order valence-corrected chi connectivity index (χ3v) is 1.50. The number of hydrogen-bond acceptors (Lipinski definition) is 5. The van der Waals surface area contributed by atoms with E-state index in [0.29, 0.717) is 0 Å². The predicted octanol–water partition coefficient (Wildman–Crippen LogP) is 0.116. The maximum absolute atomic E-state index is 11.0. The molecule has 0 heterocycles. The van der Waals surface area contributed by atoms with Crippen LogP contribution in [0.25, 0.3) is 0 Å². The van der Waals surface area contributed by atoms with Crippen molar-refractivity contribution in [3.05, 3.63) is 0 Å². The van der Waals surface area contributed by atoms with Gasteiger partial charge in [0.05, 0.1) is 7.11 Å². The number of ketones is 1. The Morgan fingerprint density at radius 3 is 2.17 bits per heavy atom. The van der Waals surface area contributed by atoms with E-state index in [-0.39, 0.29) is 0 Å². The van der Waals surface area contributed by atoms with Crippen molar-refractivity contribution in [2.75, 3.05) is 14.2 Å². The average molecular weight is 238 g/mol. The van der Waals surface area contributed by atoms with E-state index in [2.05, 4.69) is 25.4 Å². The van der Waals surface area contributed by atoms with Crippen LogP contribution in [0.2, 0.25) is 0 Å². The van der Waals surface area contributed by atoms with E-state index in [0.717, 1.165) is 7.11 Å². The molecule has 6 heteroatoms. The molecular weight excluding hydrogens is 230 g/mol. The van der Waals surface area contributed by atoms with Gasteiger partial charge in [0, 0.05) is 7.11 Å². The first kappa shape index (κ1) is 11.2. The van der Waals surface area contributed by atoms with Crippen LogP contribution in [0.15, 0.2) is 0 Å². The molecule has 0 aliphatic carbocycles. The van der Waals surface area contributed by atoms with E-state index in [9.17, 15) is 9.59 Å². The van der Waals surface area contributed by atoms with Gasteiger partial charge in [0.2, 0.25) is 11.9 Å². The Labute approximate surface area is 77.7 Å². The SMILES string of the molecule is COC(=O)C(OC)C(=O)C(=N)Br. The quantitative estimate of drug-likeness (QED) is 0.428. The minimum atomic E-state index is -1.35. The van der Waals surface area contributed by atoms with Crippen LogP contribution in [0.5, 0.6) is 0 Å². The zero-order valence-corrected chi connectivity index (χ0v) is 8.17. The van der Waals surface area contributed by atoms with Gasteiger partial charge in [-0.05, 0) is 15.9 Å². The van der Waals surface area contributed by atoms with Crippen LogP contribution in [-0.2, 0) is 19.1 Å². The van der Waals surface area contributed by atoms with E-state index in [1.54, 1.807) is 0 Å². The minimum Gasteiger partial charge on any atom is -0.467 e. The predicted molar refractivity (Wildman–Crippen MR) is 44.5 cm³/mol. The van der Waals surface area contributed by atoms with Crippen LogP contribution in [0.1, 0.15) is 0 Å². The van der Waals surface area contributed by atoms with Crippen molar-refractivity contribution >= 4 is 32.3 Å². The van der Waals surface area contributed by atoms with Gasteiger partial charge >= 0.3 is 5.97 Å². The molecule has 0 bridgehead atoms. The molecule has 0 aliphatic rings. The molecule has 0 saturated heterocycles. The van der Waals surface area contributed by atoms with E-state index in [1.165, 1.54) is 7.11 Å². The normalized spacial score (nSPS) is 11.9. The number of rotatable bonds is 4. The molecule has 0 radical (unpaired) electrons. The second-order valence-electron chi connectivity index (χ2n) is 1.82. The number of nitrogens with one attached hydrogen (secondary N) is 1. The van der Waals surface area contributed by atoms with Gasteiger partial charge in [-0.15, -0.1) is 0 Å². The molecular formula is C6H8BrNO4. The standard InChI is InChI=1S/C6H8BrNO4/c1-11-4(6(10)12-2)3(9)5(7)8/h4,8H,1-2H3. The number of halogens is 1. The van der Waals surface area contributed by atoms with Crippen molar-refractivity contribution in [3.8, 4) is 0 Å². The Hall–Kier alpha value is -0.750. The second-order valence-corrected chi connectivity index (χ2v) is 2.61. The lowest BCUT2D eigenvalue weighted by molar-refractivity contribution is -0.155. The molecule has 12 heavy (non-hydrogen) atoms. The summed E-state index contributed by atoms with van der Waals surface area (Å²) >= 11 is 2.62. The summed E-state index contributed by atoms with van der Waals surface area (Å²) in [5.74, 6) is -1.57. The molecule has 1 N–H and O–H groups in total. The number of Topliss-reactive ketones (excluding diaryl/α,β-unsaturated/α-hetero) is 1. The van der Waals surface area contributed by atoms with E-state index in [4.69, 9.17) is 5.41 Å². The fourth-order valence-corrected chi connectivity index (χ4v) is 0.740. The van der Waals surface area contributed by atoms with E-state index in [1.807, 2.05) is 0 Å². The number of ether oxygens (including phenoxy) is 2. The molecule has 1 unspecified atom stereocenters. The maximum atomic E-state index is 11.0. The van der Waals surface area contributed by atoms with E-state index < -0.39 is 22.5 Å². The monoisotopic (exact) mass is 237 g/mol. The number of esters is 1. The average Bonchev–Trinajstić information content (AvgIpc) is 2.05. The summed E-state index contributed by atoms with van der Waals surface area (Å²) in [4.78, 5) is 21.8. The van der Waals surface area contributed by atoms with Gasteiger partial charge in [-0.2, -0.15) is 0 Å². The smallest absolute Gasteiger partial charge is 0.343 e. The van der Waals surface area contributed by atoms with Gasteiger partial charge < -0.3 is 9.47 Å². The zero-order chi connectivity index (χ0) is 9.72. The molecule has 1 atom stereocenters. The number of hydrogen-bond donors (Lipinski definition) is 1. The molecule has 0 fully saturated rings. The Bertz CT molecular complexity index is 216. The van der Waals surface area contributed by atoms with Gasteiger partial charge in [0.1, 0.15) is 4.62 Å². The molecule has 0 aliphatic heterocycles. The highest BCUT2D eigenvalue weighted by atomic mass is 79.9. The van der Waals surface area contributed by atoms with Crippen LogP contribution in [0.3, 0.4) is 0 Å². The van der Waals surface area contributed by atoms with Crippen molar-refractivity contribution < 1.29 is 19.1 Å². The van der Waals surface area contributed by atoms with Crippen LogP contribution >= 0.6 is 15.9 Å². The summed E-state index contributed by atoms with van der Waals surface area (Å²) in [5.41, 5.74) is 0. The molecule has 0 saturated carbocycles. The summed E-state index contributed by atoms with van der Waals surface area (Å²) in [6.07, 6.45) is -1.35. The third kappa shape index (κ3) is 2.71. The lowest BCUT2D eigenvalue weighted by Gasteiger charge is -2.09. The summed E-state index contributed by atoms with van der Waals surface area (Å²) in [7, 11) is 2.33. The van der Waals surface area contributed by atoms with Gasteiger partial charge in [-0.1, -0.05) is 0 Å².